The lowest BCUT2D eigenvalue weighted by atomic mass is 10.1. The van der Waals surface area contributed by atoms with Crippen LogP contribution in [-0.4, -0.2) is 39.3 Å². The monoisotopic (exact) mass is 341 g/mol. The summed E-state index contributed by atoms with van der Waals surface area (Å²) in [7, 11) is 0. The molecule has 0 bridgehead atoms. The highest BCUT2D eigenvalue weighted by Gasteiger charge is 2.28. The van der Waals surface area contributed by atoms with Crippen molar-refractivity contribution in [2.75, 3.05) is 11.9 Å². The number of nitrogens with zero attached hydrogens (tertiary/aromatic N) is 3. The van der Waals surface area contributed by atoms with Gasteiger partial charge in [0.1, 0.15) is 19.2 Å². The van der Waals surface area contributed by atoms with Crippen molar-refractivity contribution in [3.05, 3.63) is 42.5 Å². The summed E-state index contributed by atoms with van der Waals surface area (Å²) in [5, 5.41) is 8.12. The second-order valence-electron chi connectivity index (χ2n) is 4.80. The Balaban J connectivity index is 1.97. The first-order valence-corrected chi connectivity index (χ1v) is 6.91. The van der Waals surface area contributed by atoms with Gasteiger partial charge >= 0.3 is 6.18 Å². The molecule has 0 atom stereocenters. The summed E-state index contributed by atoms with van der Waals surface area (Å²) in [6.07, 6.45) is -1.66. The fraction of sp³-hybridized carbons (Fsp3) is 0.286. The number of nitrogens with one attached hydrogen (secondary N) is 2. The molecule has 0 aliphatic carbocycles. The van der Waals surface area contributed by atoms with E-state index in [4.69, 9.17) is 0 Å². The number of anilines is 1. The van der Waals surface area contributed by atoms with Gasteiger partial charge in [-0.25, -0.2) is 4.98 Å². The van der Waals surface area contributed by atoms with E-state index in [1.165, 1.54) is 35.5 Å². The predicted molar refractivity (Wildman–Crippen MR) is 78.1 cm³/mol. The molecular weight excluding hydrogens is 327 g/mol. The number of benzene rings is 1. The van der Waals surface area contributed by atoms with E-state index < -0.39 is 24.5 Å². The number of para-hydroxylation sites is 1. The Bertz CT molecular complexity index is 701. The van der Waals surface area contributed by atoms with Crippen molar-refractivity contribution < 1.29 is 22.8 Å². The van der Waals surface area contributed by atoms with Crippen molar-refractivity contribution in [3.8, 4) is 0 Å². The van der Waals surface area contributed by atoms with Crippen LogP contribution in [0, 0.1) is 0 Å². The maximum absolute atomic E-state index is 12.2. The van der Waals surface area contributed by atoms with Crippen molar-refractivity contribution in [2.45, 2.75) is 19.1 Å². The third-order valence-electron chi connectivity index (χ3n) is 2.93. The van der Waals surface area contributed by atoms with Crippen LogP contribution in [0.3, 0.4) is 0 Å². The lowest BCUT2D eigenvalue weighted by Crippen LogP contribution is -2.34. The van der Waals surface area contributed by atoms with Gasteiger partial charge in [0.25, 0.3) is 5.91 Å². The Morgan fingerprint density at radius 1 is 1.21 bits per heavy atom. The minimum atomic E-state index is -4.51. The molecule has 0 spiro atoms. The number of aromatic nitrogens is 3. The van der Waals surface area contributed by atoms with Crippen LogP contribution in [0.25, 0.3) is 0 Å². The number of carbonyl (C=O) groups excluding carboxylic acids is 2. The fourth-order valence-electron chi connectivity index (χ4n) is 1.84. The van der Waals surface area contributed by atoms with Gasteiger partial charge in [0.2, 0.25) is 5.91 Å². The SMILES string of the molecule is O=C(CCn1cncn1)Nc1ccccc1C(=O)NCC(F)(F)F. The number of rotatable bonds is 6. The van der Waals surface area contributed by atoms with Crippen molar-refractivity contribution in [1.29, 1.82) is 0 Å². The molecule has 0 aliphatic heterocycles. The quantitative estimate of drug-likeness (QED) is 0.835. The summed E-state index contributed by atoms with van der Waals surface area (Å²) >= 11 is 0. The highest BCUT2D eigenvalue weighted by Crippen LogP contribution is 2.17. The number of aryl methyl sites for hydroxylation is 1. The van der Waals surface area contributed by atoms with E-state index in [-0.39, 0.29) is 24.2 Å². The zero-order chi connectivity index (χ0) is 17.6. The van der Waals surface area contributed by atoms with Crippen LogP contribution in [0.1, 0.15) is 16.8 Å². The molecule has 0 fully saturated rings. The van der Waals surface area contributed by atoms with E-state index in [0.717, 1.165) is 0 Å². The molecule has 7 nitrogen and oxygen atoms in total. The smallest absolute Gasteiger partial charge is 0.343 e. The highest BCUT2D eigenvalue weighted by atomic mass is 19.4. The highest BCUT2D eigenvalue weighted by molar-refractivity contribution is 6.03. The molecular formula is C14H14F3N5O2. The van der Waals surface area contributed by atoms with Gasteiger partial charge in [0.15, 0.2) is 0 Å². The molecule has 2 aromatic rings. The fourth-order valence-corrected chi connectivity index (χ4v) is 1.84. The predicted octanol–water partition coefficient (Wildman–Crippen LogP) is 1.60. The molecule has 128 valence electrons. The summed E-state index contributed by atoms with van der Waals surface area (Å²) in [5.41, 5.74) is 0.0941. The zero-order valence-corrected chi connectivity index (χ0v) is 12.4. The maximum atomic E-state index is 12.2. The van der Waals surface area contributed by atoms with Gasteiger partial charge in [-0.2, -0.15) is 18.3 Å². The molecule has 1 aromatic heterocycles. The largest absolute Gasteiger partial charge is 0.405 e. The number of alkyl halides is 3. The number of halogens is 3. The average Bonchev–Trinajstić information content (AvgIpc) is 3.04. The van der Waals surface area contributed by atoms with Gasteiger partial charge in [-0.3, -0.25) is 14.3 Å². The minimum Gasteiger partial charge on any atom is -0.343 e. The summed E-state index contributed by atoms with van der Waals surface area (Å²) < 4.78 is 38.0. The van der Waals surface area contributed by atoms with E-state index in [2.05, 4.69) is 15.4 Å². The van der Waals surface area contributed by atoms with Gasteiger partial charge < -0.3 is 10.6 Å². The number of carbonyl (C=O) groups is 2. The van der Waals surface area contributed by atoms with Crippen molar-refractivity contribution in [1.82, 2.24) is 20.1 Å². The van der Waals surface area contributed by atoms with Crippen LogP contribution >= 0.6 is 0 Å². The third-order valence-corrected chi connectivity index (χ3v) is 2.93. The lowest BCUT2D eigenvalue weighted by Gasteiger charge is -2.12. The van der Waals surface area contributed by atoms with E-state index in [1.807, 2.05) is 0 Å². The summed E-state index contributed by atoms with van der Waals surface area (Å²) in [6.45, 7) is -1.16. The lowest BCUT2D eigenvalue weighted by molar-refractivity contribution is -0.123. The number of hydrogen-bond donors (Lipinski definition) is 2. The van der Waals surface area contributed by atoms with Gasteiger partial charge in [-0.15, -0.1) is 0 Å². The van der Waals surface area contributed by atoms with Crippen molar-refractivity contribution in [2.24, 2.45) is 0 Å². The van der Waals surface area contributed by atoms with E-state index in [1.54, 1.807) is 11.4 Å². The van der Waals surface area contributed by atoms with E-state index in [0.29, 0.717) is 0 Å². The minimum absolute atomic E-state index is 0.0455. The first kappa shape index (κ1) is 17.4. The van der Waals surface area contributed by atoms with Crippen LogP contribution in [0.4, 0.5) is 18.9 Å². The Hall–Kier alpha value is -2.91. The molecule has 0 aliphatic rings. The zero-order valence-electron chi connectivity index (χ0n) is 12.4. The van der Waals surface area contributed by atoms with Gasteiger partial charge in [0, 0.05) is 6.42 Å². The first-order valence-electron chi connectivity index (χ1n) is 6.91. The number of hydrogen-bond acceptors (Lipinski definition) is 4. The van der Waals surface area contributed by atoms with Gasteiger partial charge in [-0.1, -0.05) is 12.1 Å². The molecule has 0 saturated heterocycles. The molecule has 0 saturated carbocycles. The Morgan fingerprint density at radius 2 is 1.96 bits per heavy atom. The van der Waals surface area contributed by atoms with Crippen molar-refractivity contribution >= 4 is 17.5 Å². The molecule has 24 heavy (non-hydrogen) atoms. The normalized spacial score (nSPS) is 11.1. The average molecular weight is 341 g/mol. The second kappa shape index (κ2) is 7.57. The summed E-state index contributed by atoms with van der Waals surface area (Å²) in [5.74, 6) is -1.32. The molecule has 0 unspecified atom stereocenters. The summed E-state index contributed by atoms with van der Waals surface area (Å²) in [6, 6.07) is 5.83. The second-order valence-corrected chi connectivity index (χ2v) is 4.80. The Kier molecular flexibility index (Phi) is 5.51. The molecule has 0 radical (unpaired) electrons. The Labute approximate surface area is 134 Å². The topological polar surface area (TPSA) is 88.9 Å². The molecule has 1 heterocycles. The van der Waals surface area contributed by atoms with Crippen LogP contribution in [0.2, 0.25) is 0 Å². The molecule has 2 rings (SSSR count). The molecule has 2 N–H and O–H groups in total. The third kappa shape index (κ3) is 5.38. The maximum Gasteiger partial charge on any atom is 0.405 e. The van der Waals surface area contributed by atoms with Crippen LogP contribution in [0.15, 0.2) is 36.9 Å². The molecule has 1 aromatic carbocycles. The van der Waals surface area contributed by atoms with E-state index in [9.17, 15) is 22.8 Å². The summed E-state index contributed by atoms with van der Waals surface area (Å²) in [4.78, 5) is 27.5. The van der Waals surface area contributed by atoms with Gasteiger partial charge in [0.05, 0.1) is 17.8 Å². The molecule has 10 heteroatoms. The van der Waals surface area contributed by atoms with Gasteiger partial charge in [-0.05, 0) is 12.1 Å². The van der Waals surface area contributed by atoms with Crippen LogP contribution in [0.5, 0.6) is 0 Å². The van der Waals surface area contributed by atoms with Crippen LogP contribution < -0.4 is 10.6 Å². The Morgan fingerprint density at radius 3 is 2.62 bits per heavy atom. The van der Waals surface area contributed by atoms with Crippen LogP contribution in [-0.2, 0) is 11.3 Å². The van der Waals surface area contributed by atoms with Crippen molar-refractivity contribution in [3.63, 3.8) is 0 Å². The first-order chi connectivity index (χ1) is 11.3. The standard InChI is InChI=1S/C14H14F3N5O2/c15-14(16,17)7-19-13(24)10-3-1-2-4-11(10)21-12(23)5-6-22-9-18-8-20-22/h1-4,8-9H,5-7H2,(H,19,24)(H,21,23). The van der Waals surface area contributed by atoms with E-state index >= 15 is 0 Å². The number of amides is 2. The molecule has 2 amide bonds.